The van der Waals surface area contributed by atoms with Crippen LogP contribution in [0.15, 0.2) is 24.9 Å². The molecule has 0 heterocycles. The number of amides is 1. The van der Waals surface area contributed by atoms with Crippen molar-refractivity contribution >= 4 is 11.9 Å². The van der Waals surface area contributed by atoms with Crippen LogP contribution in [-0.4, -0.2) is 18.5 Å². The zero-order valence-corrected chi connectivity index (χ0v) is 6.87. The molecule has 0 aromatic heterocycles. The minimum Gasteiger partial charge on any atom is -0.463 e. The van der Waals surface area contributed by atoms with Gasteiger partial charge < -0.3 is 10.1 Å². The van der Waals surface area contributed by atoms with Crippen LogP contribution in [0, 0.1) is 0 Å². The first kappa shape index (κ1) is 10.4. The zero-order valence-electron chi connectivity index (χ0n) is 6.87. The Morgan fingerprint density at radius 1 is 1.58 bits per heavy atom. The van der Waals surface area contributed by atoms with Crippen LogP contribution in [0.2, 0.25) is 0 Å². The van der Waals surface area contributed by atoms with Crippen molar-refractivity contribution in [3.63, 3.8) is 0 Å². The van der Waals surface area contributed by atoms with Gasteiger partial charge in [0.1, 0.15) is 0 Å². The van der Waals surface area contributed by atoms with Crippen LogP contribution in [0.3, 0.4) is 0 Å². The van der Waals surface area contributed by atoms with E-state index in [0.29, 0.717) is 6.61 Å². The molecule has 0 aliphatic heterocycles. The first-order chi connectivity index (χ1) is 5.70. The zero-order chi connectivity index (χ0) is 9.40. The lowest BCUT2D eigenvalue weighted by molar-refractivity contribution is -0.137. The molecule has 0 saturated heterocycles. The minimum atomic E-state index is -0.484. The second-order valence-electron chi connectivity index (χ2n) is 1.80. The molecule has 0 aliphatic rings. The highest BCUT2D eigenvalue weighted by Gasteiger charge is 1.92. The number of carbonyl (C=O) groups is 2. The number of carbonyl (C=O) groups excluding carboxylic acids is 2. The summed E-state index contributed by atoms with van der Waals surface area (Å²) in [5.74, 6) is -0.850. The molecular formula is C8H11NO3. The second kappa shape index (κ2) is 6.15. The molecule has 66 valence electrons. The van der Waals surface area contributed by atoms with Gasteiger partial charge in [-0.3, -0.25) is 4.79 Å². The average molecular weight is 169 g/mol. The quantitative estimate of drug-likeness (QED) is 0.488. The maximum Gasteiger partial charge on any atom is 0.332 e. The van der Waals surface area contributed by atoms with Crippen LogP contribution in [0.1, 0.15) is 6.92 Å². The fourth-order valence-electron chi connectivity index (χ4n) is 0.441. The molecule has 0 aliphatic carbocycles. The van der Waals surface area contributed by atoms with Crippen LogP contribution in [-0.2, 0) is 14.3 Å². The van der Waals surface area contributed by atoms with Crippen LogP contribution in [0.25, 0.3) is 0 Å². The highest BCUT2D eigenvalue weighted by atomic mass is 16.5. The molecule has 0 aromatic rings. The summed E-state index contributed by atoms with van der Waals surface area (Å²) < 4.78 is 4.55. The first-order valence-electron chi connectivity index (χ1n) is 3.47. The molecule has 0 aromatic carbocycles. The fraction of sp³-hybridized carbons (Fsp3) is 0.250. The normalized spacial score (nSPS) is 9.42. The van der Waals surface area contributed by atoms with Gasteiger partial charge in [-0.05, 0) is 13.0 Å². The summed E-state index contributed by atoms with van der Waals surface area (Å²) in [5.41, 5.74) is 0. The lowest BCUT2D eigenvalue weighted by Gasteiger charge is -1.94. The molecule has 0 radical (unpaired) electrons. The second-order valence-corrected chi connectivity index (χ2v) is 1.80. The fourth-order valence-corrected chi connectivity index (χ4v) is 0.441. The monoisotopic (exact) mass is 169 g/mol. The molecule has 0 bridgehead atoms. The van der Waals surface area contributed by atoms with E-state index in [9.17, 15) is 9.59 Å². The number of esters is 1. The van der Waals surface area contributed by atoms with E-state index in [1.807, 2.05) is 0 Å². The molecule has 0 atom stereocenters. The van der Waals surface area contributed by atoms with Gasteiger partial charge in [0.15, 0.2) is 0 Å². The third-order valence-electron chi connectivity index (χ3n) is 0.917. The molecular weight excluding hydrogens is 158 g/mol. The van der Waals surface area contributed by atoms with Gasteiger partial charge in [-0.25, -0.2) is 4.79 Å². The van der Waals surface area contributed by atoms with E-state index in [2.05, 4.69) is 16.6 Å². The summed E-state index contributed by atoms with van der Waals surface area (Å²) in [6, 6.07) is 0. The summed E-state index contributed by atoms with van der Waals surface area (Å²) >= 11 is 0. The predicted molar refractivity (Wildman–Crippen MR) is 44.1 cm³/mol. The van der Waals surface area contributed by atoms with Crippen LogP contribution < -0.4 is 5.32 Å². The SMILES string of the molecule is C=CC(=O)N/C=C\C(=O)OCC. The van der Waals surface area contributed by atoms with Gasteiger partial charge in [0, 0.05) is 12.3 Å². The van der Waals surface area contributed by atoms with Gasteiger partial charge in [0.05, 0.1) is 6.61 Å². The summed E-state index contributed by atoms with van der Waals surface area (Å²) in [6.45, 7) is 5.25. The number of hydrogen-bond acceptors (Lipinski definition) is 3. The predicted octanol–water partition coefficient (Wildman–Crippen LogP) is 0.365. The van der Waals surface area contributed by atoms with Crippen molar-refractivity contribution in [3.05, 3.63) is 24.9 Å². The standard InChI is InChI=1S/C8H11NO3/c1-3-7(10)9-6-5-8(11)12-4-2/h3,5-6H,1,4H2,2H3,(H,9,10)/b6-5-. The number of hydrogen-bond donors (Lipinski definition) is 1. The smallest absolute Gasteiger partial charge is 0.332 e. The Hall–Kier alpha value is -1.58. The molecule has 12 heavy (non-hydrogen) atoms. The van der Waals surface area contributed by atoms with Crippen molar-refractivity contribution in [1.82, 2.24) is 5.32 Å². The van der Waals surface area contributed by atoms with E-state index in [-0.39, 0.29) is 5.91 Å². The minimum absolute atomic E-state index is 0.318. The van der Waals surface area contributed by atoms with E-state index in [1.165, 1.54) is 6.20 Å². The maximum absolute atomic E-state index is 10.6. The van der Waals surface area contributed by atoms with Crippen LogP contribution >= 0.6 is 0 Å². The molecule has 0 unspecified atom stereocenters. The first-order valence-corrected chi connectivity index (χ1v) is 3.47. The van der Waals surface area contributed by atoms with Crippen LogP contribution in [0.5, 0.6) is 0 Å². The highest BCUT2D eigenvalue weighted by molar-refractivity contribution is 5.89. The van der Waals surface area contributed by atoms with Gasteiger partial charge in [0.25, 0.3) is 0 Å². The van der Waals surface area contributed by atoms with Gasteiger partial charge in [-0.15, -0.1) is 0 Å². The Kier molecular flexibility index (Phi) is 5.34. The maximum atomic E-state index is 10.6. The number of rotatable bonds is 4. The third kappa shape index (κ3) is 5.22. The Balaban J connectivity index is 3.68. The molecule has 4 nitrogen and oxygen atoms in total. The third-order valence-corrected chi connectivity index (χ3v) is 0.917. The Labute approximate surface area is 70.9 Å². The largest absolute Gasteiger partial charge is 0.463 e. The Bertz CT molecular complexity index is 208. The summed E-state index contributed by atoms with van der Waals surface area (Å²) in [4.78, 5) is 21.1. The van der Waals surface area contributed by atoms with E-state index in [4.69, 9.17) is 0 Å². The van der Waals surface area contributed by atoms with E-state index in [0.717, 1.165) is 12.2 Å². The Morgan fingerprint density at radius 3 is 2.75 bits per heavy atom. The molecule has 0 spiro atoms. The van der Waals surface area contributed by atoms with E-state index in [1.54, 1.807) is 6.92 Å². The van der Waals surface area contributed by atoms with E-state index < -0.39 is 5.97 Å². The van der Waals surface area contributed by atoms with Crippen molar-refractivity contribution in [2.24, 2.45) is 0 Å². The lowest BCUT2D eigenvalue weighted by atomic mass is 10.5. The molecule has 0 rings (SSSR count). The summed E-state index contributed by atoms with van der Waals surface area (Å²) in [6.07, 6.45) is 3.45. The number of ether oxygens (including phenoxy) is 1. The molecule has 4 heteroatoms. The molecule has 1 amide bonds. The highest BCUT2D eigenvalue weighted by Crippen LogP contribution is 1.79. The van der Waals surface area contributed by atoms with Gasteiger partial charge >= 0.3 is 5.97 Å². The van der Waals surface area contributed by atoms with Crippen molar-refractivity contribution < 1.29 is 14.3 Å². The molecule has 0 saturated carbocycles. The molecule has 1 N–H and O–H groups in total. The average Bonchev–Trinajstić information content (AvgIpc) is 2.04. The van der Waals surface area contributed by atoms with Crippen molar-refractivity contribution in [1.29, 1.82) is 0 Å². The summed E-state index contributed by atoms with van der Waals surface area (Å²) in [7, 11) is 0. The van der Waals surface area contributed by atoms with Crippen molar-refractivity contribution in [2.75, 3.05) is 6.61 Å². The Morgan fingerprint density at radius 2 is 2.25 bits per heavy atom. The van der Waals surface area contributed by atoms with Gasteiger partial charge in [-0.1, -0.05) is 6.58 Å². The van der Waals surface area contributed by atoms with Crippen molar-refractivity contribution in [3.8, 4) is 0 Å². The molecule has 0 fully saturated rings. The topological polar surface area (TPSA) is 55.4 Å². The lowest BCUT2D eigenvalue weighted by Crippen LogP contribution is -2.14. The van der Waals surface area contributed by atoms with E-state index >= 15 is 0 Å². The van der Waals surface area contributed by atoms with Gasteiger partial charge in [0.2, 0.25) is 5.91 Å². The van der Waals surface area contributed by atoms with Crippen LogP contribution in [0.4, 0.5) is 0 Å². The van der Waals surface area contributed by atoms with Gasteiger partial charge in [-0.2, -0.15) is 0 Å². The number of nitrogens with one attached hydrogen (secondary N) is 1. The van der Waals surface area contributed by atoms with Crippen molar-refractivity contribution in [2.45, 2.75) is 6.92 Å². The summed E-state index contributed by atoms with van der Waals surface area (Å²) in [5, 5.41) is 2.28.